The SMILES string of the molecule is CCc1ccc2c(c1)c(C)c(C(=O)Nc1ccc(C)cc1[N+](=O)[O-])n2CC. The van der Waals surface area contributed by atoms with Crippen molar-refractivity contribution in [1.82, 2.24) is 4.57 Å². The van der Waals surface area contributed by atoms with Gasteiger partial charge in [-0.1, -0.05) is 19.1 Å². The number of anilines is 1. The third-order valence-corrected chi connectivity index (χ3v) is 4.92. The molecule has 1 heterocycles. The molecule has 0 atom stereocenters. The first-order chi connectivity index (χ1) is 12.9. The van der Waals surface area contributed by atoms with Crippen molar-refractivity contribution in [2.45, 2.75) is 40.7 Å². The maximum absolute atomic E-state index is 13.0. The summed E-state index contributed by atoms with van der Waals surface area (Å²) < 4.78 is 1.96. The van der Waals surface area contributed by atoms with E-state index in [9.17, 15) is 14.9 Å². The second-order valence-electron chi connectivity index (χ2n) is 6.65. The maximum Gasteiger partial charge on any atom is 0.293 e. The molecule has 140 valence electrons. The lowest BCUT2D eigenvalue weighted by Gasteiger charge is -2.10. The van der Waals surface area contributed by atoms with Gasteiger partial charge in [0.25, 0.3) is 11.6 Å². The van der Waals surface area contributed by atoms with Crippen molar-refractivity contribution < 1.29 is 9.72 Å². The number of amides is 1. The van der Waals surface area contributed by atoms with Gasteiger partial charge in [0.05, 0.1) is 4.92 Å². The van der Waals surface area contributed by atoms with Crippen molar-refractivity contribution in [2.24, 2.45) is 0 Å². The summed E-state index contributed by atoms with van der Waals surface area (Å²) in [4.78, 5) is 23.9. The van der Waals surface area contributed by atoms with Crippen LogP contribution in [0.3, 0.4) is 0 Å². The molecule has 27 heavy (non-hydrogen) atoms. The molecule has 2 aromatic carbocycles. The molecule has 0 aliphatic heterocycles. The highest BCUT2D eigenvalue weighted by molar-refractivity contribution is 6.09. The summed E-state index contributed by atoms with van der Waals surface area (Å²) >= 11 is 0. The van der Waals surface area contributed by atoms with Gasteiger partial charge in [-0.05, 0) is 62.1 Å². The first kappa shape index (κ1) is 18.6. The Hall–Kier alpha value is -3.15. The molecular formula is C21H23N3O3. The highest BCUT2D eigenvalue weighted by Crippen LogP contribution is 2.30. The Morgan fingerprint density at radius 3 is 2.52 bits per heavy atom. The van der Waals surface area contributed by atoms with Crippen LogP contribution in [0.25, 0.3) is 10.9 Å². The van der Waals surface area contributed by atoms with Crippen LogP contribution in [0.2, 0.25) is 0 Å². The number of hydrogen-bond donors (Lipinski definition) is 1. The monoisotopic (exact) mass is 365 g/mol. The van der Waals surface area contributed by atoms with E-state index in [-0.39, 0.29) is 17.3 Å². The van der Waals surface area contributed by atoms with E-state index in [4.69, 9.17) is 0 Å². The number of nitro groups is 1. The fourth-order valence-electron chi connectivity index (χ4n) is 3.49. The van der Waals surface area contributed by atoms with Crippen molar-refractivity contribution in [3.63, 3.8) is 0 Å². The predicted octanol–water partition coefficient (Wildman–Crippen LogP) is 5.00. The highest BCUT2D eigenvalue weighted by Gasteiger charge is 2.22. The number of nitrogens with zero attached hydrogens (tertiary/aromatic N) is 2. The molecule has 6 nitrogen and oxygen atoms in total. The van der Waals surface area contributed by atoms with Gasteiger partial charge in [0.1, 0.15) is 11.4 Å². The summed E-state index contributed by atoms with van der Waals surface area (Å²) in [5.41, 5.74) is 4.50. The minimum atomic E-state index is -0.474. The van der Waals surface area contributed by atoms with Crippen molar-refractivity contribution >= 4 is 28.2 Å². The van der Waals surface area contributed by atoms with E-state index >= 15 is 0 Å². The van der Waals surface area contributed by atoms with Gasteiger partial charge in [-0.3, -0.25) is 14.9 Å². The number of fused-ring (bicyclic) bond motifs is 1. The van der Waals surface area contributed by atoms with Crippen LogP contribution >= 0.6 is 0 Å². The minimum absolute atomic E-state index is 0.103. The number of aryl methyl sites for hydroxylation is 4. The first-order valence-corrected chi connectivity index (χ1v) is 9.05. The molecule has 3 rings (SSSR count). The van der Waals surface area contributed by atoms with E-state index in [1.807, 2.05) is 24.5 Å². The summed E-state index contributed by atoms with van der Waals surface area (Å²) in [5.74, 6) is -0.337. The molecule has 0 saturated carbocycles. The van der Waals surface area contributed by atoms with E-state index in [1.54, 1.807) is 19.1 Å². The topological polar surface area (TPSA) is 77.2 Å². The van der Waals surface area contributed by atoms with E-state index in [0.717, 1.165) is 28.5 Å². The van der Waals surface area contributed by atoms with E-state index < -0.39 is 4.92 Å². The van der Waals surface area contributed by atoms with Crippen LogP contribution in [0.4, 0.5) is 11.4 Å². The Morgan fingerprint density at radius 1 is 1.15 bits per heavy atom. The smallest absolute Gasteiger partial charge is 0.293 e. The normalized spacial score (nSPS) is 11.0. The third-order valence-electron chi connectivity index (χ3n) is 4.92. The van der Waals surface area contributed by atoms with E-state index in [1.165, 1.54) is 11.6 Å². The second kappa shape index (κ2) is 7.23. The minimum Gasteiger partial charge on any atom is -0.337 e. The molecule has 1 aromatic heterocycles. The molecule has 3 aromatic rings. The van der Waals surface area contributed by atoms with Crippen LogP contribution < -0.4 is 5.32 Å². The Bertz CT molecular complexity index is 1050. The van der Waals surface area contributed by atoms with Crippen molar-refractivity contribution in [2.75, 3.05) is 5.32 Å². The third kappa shape index (κ3) is 3.30. The molecule has 0 radical (unpaired) electrons. The molecule has 0 fully saturated rings. The van der Waals surface area contributed by atoms with Crippen LogP contribution in [-0.2, 0) is 13.0 Å². The first-order valence-electron chi connectivity index (χ1n) is 9.05. The molecule has 6 heteroatoms. The molecule has 0 bridgehead atoms. The van der Waals surface area contributed by atoms with Crippen molar-refractivity contribution in [3.05, 3.63) is 68.9 Å². The van der Waals surface area contributed by atoms with Crippen LogP contribution in [0, 0.1) is 24.0 Å². The van der Waals surface area contributed by atoms with Gasteiger partial charge in [-0.15, -0.1) is 0 Å². The zero-order chi connectivity index (χ0) is 19.7. The standard InChI is InChI=1S/C21H23N3O3/c1-5-15-8-10-18-16(12-15)14(4)20(23(18)6-2)21(25)22-17-9-7-13(3)11-19(17)24(26)27/h7-12H,5-6H2,1-4H3,(H,22,25). The summed E-state index contributed by atoms with van der Waals surface area (Å²) in [6.45, 7) is 8.42. The Kier molecular flexibility index (Phi) is 4.99. The van der Waals surface area contributed by atoms with Gasteiger partial charge in [0.2, 0.25) is 0 Å². The van der Waals surface area contributed by atoms with Crippen molar-refractivity contribution in [3.8, 4) is 0 Å². The Labute approximate surface area is 158 Å². The molecule has 1 N–H and O–H groups in total. The Morgan fingerprint density at radius 2 is 1.89 bits per heavy atom. The number of benzene rings is 2. The van der Waals surface area contributed by atoms with E-state index in [2.05, 4.69) is 24.4 Å². The number of rotatable bonds is 5. The summed E-state index contributed by atoms with van der Waals surface area (Å²) in [5, 5.41) is 15.1. The predicted molar refractivity (Wildman–Crippen MR) is 108 cm³/mol. The summed E-state index contributed by atoms with van der Waals surface area (Å²) in [7, 11) is 0. The highest BCUT2D eigenvalue weighted by atomic mass is 16.6. The summed E-state index contributed by atoms with van der Waals surface area (Å²) in [6.07, 6.45) is 0.920. The largest absolute Gasteiger partial charge is 0.337 e. The van der Waals surface area contributed by atoms with Crippen LogP contribution in [0.5, 0.6) is 0 Å². The molecule has 0 unspecified atom stereocenters. The fraction of sp³-hybridized carbons (Fsp3) is 0.286. The average Bonchev–Trinajstić information content (AvgIpc) is 2.94. The van der Waals surface area contributed by atoms with Crippen LogP contribution in [-0.4, -0.2) is 15.4 Å². The quantitative estimate of drug-likeness (QED) is 0.510. The molecular weight excluding hydrogens is 342 g/mol. The van der Waals surface area contributed by atoms with Crippen LogP contribution in [0.1, 0.15) is 41.0 Å². The van der Waals surface area contributed by atoms with Crippen molar-refractivity contribution in [1.29, 1.82) is 0 Å². The summed E-state index contributed by atoms with van der Waals surface area (Å²) in [6, 6.07) is 11.0. The number of hydrogen-bond acceptors (Lipinski definition) is 3. The van der Waals surface area contributed by atoms with Gasteiger partial charge in [0, 0.05) is 23.5 Å². The lowest BCUT2D eigenvalue weighted by Crippen LogP contribution is -2.18. The lowest BCUT2D eigenvalue weighted by atomic mass is 10.1. The van der Waals surface area contributed by atoms with Gasteiger partial charge in [-0.25, -0.2) is 0 Å². The average molecular weight is 365 g/mol. The van der Waals surface area contributed by atoms with Gasteiger partial charge in [-0.2, -0.15) is 0 Å². The van der Waals surface area contributed by atoms with Crippen LogP contribution in [0.15, 0.2) is 36.4 Å². The number of carbonyl (C=O) groups is 1. The second-order valence-corrected chi connectivity index (χ2v) is 6.65. The lowest BCUT2D eigenvalue weighted by molar-refractivity contribution is -0.384. The van der Waals surface area contributed by atoms with Gasteiger partial charge >= 0.3 is 0 Å². The Balaban J connectivity index is 2.09. The molecule has 0 aliphatic carbocycles. The zero-order valence-electron chi connectivity index (χ0n) is 16.0. The zero-order valence-corrected chi connectivity index (χ0v) is 16.0. The maximum atomic E-state index is 13.0. The van der Waals surface area contributed by atoms with Gasteiger partial charge in [0.15, 0.2) is 0 Å². The molecule has 0 saturated heterocycles. The fourth-order valence-corrected chi connectivity index (χ4v) is 3.49. The molecule has 0 spiro atoms. The molecule has 1 amide bonds. The number of aromatic nitrogens is 1. The number of nitro benzene ring substituents is 1. The number of nitrogens with one attached hydrogen (secondary N) is 1. The number of carbonyl (C=O) groups excluding carboxylic acids is 1. The van der Waals surface area contributed by atoms with Gasteiger partial charge < -0.3 is 9.88 Å². The van der Waals surface area contributed by atoms with E-state index in [0.29, 0.717) is 12.2 Å². The molecule has 0 aliphatic rings.